The average Bonchev–Trinajstić information content (AvgIpc) is 3.51. The molecule has 9 heteroatoms. The molecule has 0 saturated carbocycles. The van der Waals surface area contributed by atoms with E-state index in [1.165, 1.54) is 24.3 Å². The van der Waals surface area contributed by atoms with Gasteiger partial charge < -0.3 is 5.32 Å². The molecule has 0 radical (unpaired) electrons. The summed E-state index contributed by atoms with van der Waals surface area (Å²) in [6.07, 6.45) is 2.29. The highest BCUT2D eigenvalue weighted by Gasteiger charge is 2.74. The van der Waals surface area contributed by atoms with Crippen LogP contribution in [0.3, 0.4) is 0 Å². The van der Waals surface area contributed by atoms with Crippen LogP contribution in [0.2, 0.25) is 0 Å². The van der Waals surface area contributed by atoms with Crippen molar-refractivity contribution in [3.05, 3.63) is 63.7 Å². The van der Waals surface area contributed by atoms with Crippen LogP contribution in [0.5, 0.6) is 0 Å². The number of amides is 3. The van der Waals surface area contributed by atoms with E-state index >= 15 is 0 Å². The van der Waals surface area contributed by atoms with Gasteiger partial charge in [-0.3, -0.25) is 29.4 Å². The number of para-hydroxylation sites is 1. The molecule has 33 heavy (non-hydrogen) atoms. The van der Waals surface area contributed by atoms with Gasteiger partial charge >= 0.3 is 0 Å². The first-order valence-corrected chi connectivity index (χ1v) is 11.2. The fourth-order valence-electron chi connectivity index (χ4n) is 6.59. The number of imide groups is 1. The number of rotatable bonds is 3. The van der Waals surface area contributed by atoms with E-state index < -0.39 is 28.2 Å². The van der Waals surface area contributed by atoms with Gasteiger partial charge in [0.05, 0.1) is 22.4 Å². The highest BCUT2D eigenvalue weighted by Crippen LogP contribution is 2.61. The van der Waals surface area contributed by atoms with E-state index in [-0.39, 0.29) is 29.2 Å². The molecule has 1 N–H and O–H groups in total. The fourth-order valence-corrected chi connectivity index (χ4v) is 6.59. The highest BCUT2D eigenvalue weighted by atomic mass is 16.6. The molecule has 4 aliphatic heterocycles. The number of benzene rings is 2. The van der Waals surface area contributed by atoms with Gasteiger partial charge in [-0.2, -0.15) is 0 Å². The number of carbonyl (C=O) groups is 3. The Morgan fingerprint density at radius 2 is 1.94 bits per heavy atom. The maximum Gasteiger partial charge on any atom is 0.271 e. The minimum Gasteiger partial charge on any atom is -0.324 e. The molecule has 1 spiro atoms. The van der Waals surface area contributed by atoms with E-state index in [2.05, 4.69) is 10.2 Å². The summed E-state index contributed by atoms with van der Waals surface area (Å²) in [4.78, 5) is 55.2. The number of fused-ring (bicyclic) bond motifs is 7. The second-order valence-corrected chi connectivity index (χ2v) is 9.11. The van der Waals surface area contributed by atoms with Gasteiger partial charge in [0, 0.05) is 29.4 Å². The van der Waals surface area contributed by atoms with Crippen LogP contribution in [0.4, 0.5) is 17.1 Å². The summed E-state index contributed by atoms with van der Waals surface area (Å²) < 4.78 is 0. The normalized spacial score (nSPS) is 30.0. The summed E-state index contributed by atoms with van der Waals surface area (Å²) in [6.45, 7) is 2.65. The second kappa shape index (κ2) is 6.71. The van der Waals surface area contributed by atoms with Gasteiger partial charge in [-0.1, -0.05) is 31.2 Å². The van der Waals surface area contributed by atoms with Gasteiger partial charge in [0.1, 0.15) is 5.54 Å². The number of nitro benzene ring substituents is 1. The Morgan fingerprint density at radius 1 is 1.15 bits per heavy atom. The quantitative estimate of drug-likeness (QED) is 0.441. The van der Waals surface area contributed by atoms with Crippen molar-refractivity contribution in [1.29, 1.82) is 0 Å². The third-order valence-corrected chi connectivity index (χ3v) is 7.79. The molecular formula is C24H22N4O5. The first kappa shape index (κ1) is 20.0. The highest BCUT2D eigenvalue weighted by molar-refractivity contribution is 6.26. The molecule has 0 aliphatic carbocycles. The molecule has 0 unspecified atom stereocenters. The van der Waals surface area contributed by atoms with Gasteiger partial charge in [0.15, 0.2) is 0 Å². The first-order chi connectivity index (χ1) is 15.9. The summed E-state index contributed by atoms with van der Waals surface area (Å²) in [5.41, 5.74) is 1.23. The van der Waals surface area contributed by atoms with Crippen molar-refractivity contribution in [2.75, 3.05) is 16.8 Å². The van der Waals surface area contributed by atoms with Crippen molar-refractivity contribution in [3.63, 3.8) is 0 Å². The van der Waals surface area contributed by atoms with Gasteiger partial charge in [-0.05, 0) is 37.4 Å². The average molecular weight is 446 g/mol. The molecule has 9 nitrogen and oxygen atoms in total. The van der Waals surface area contributed by atoms with Gasteiger partial charge in [-0.15, -0.1) is 0 Å². The zero-order valence-corrected chi connectivity index (χ0v) is 18.0. The third-order valence-electron chi connectivity index (χ3n) is 7.79. The molecule has 3 amide bonds. The Kier molecular flexibility index (Phi) is 4.08. The summed E-state index contributed by atoms with van der Waals surface area (Å²) in [6, 6.07) is 11.1. The summed E-state index contributed by atoms with van der Waals surface area (Å²) in [5, 5.41) is 14.3. The monoisotopic (exact) mass is 446 g/mol. The number of non-ortho nitro benzene ring substituents is 1. The minimum atomic E-state index is -1.24. The summed E-state index contributed by atoms with van der Waals surface area (Å²) in [7, 11) is 0. The molecule has 3 fully saturated rings. The zero-order valence-electron chi connectivity index (χ0n) is 18.0. The van der Waals surface area contributed by atoms with Crippen molar-refractivity contribution in [2.45, 2.75) is 37.8 Å². The molecule has 2 aromatic rings. The van der Waals surface area contributed by atoms with E-state index in [9.17, 15) is 24.5 Å². The fraction of sp³-hybridized carbons (Fsp3) is 0.375. The standard InChI is InChI=1S/C24H22N4O5/c1-2-13-6-3-9-16-20(13)25-23(31)24(16)19-18(17-10-5-11-26(17)24)21(29)27(22(19)30)14-7-4-8-15(12-14)28(32)33/h3-4,6-9,12,17-19H,2,5,10-11H2,1H3,(H,25,31)/t17-,18+,19-,24-/m0/s1. The minimum absolute atomic E-state index is 0.175. The van der Waals surface area contributed by atoms with Crippen LogP contribution >= 0.6 is 0 Å². The van der Waals surface area contributed by atoms with E-state index in [1.54, 1.807) is 0 Å². The molecule has 4 heterocycles. The van der Waals surface area contributed by atoms with Gasteiger partial charge in [0.2, 0.25) is 17.7 Å². The Hall–Kier alpha value is -3.59. The van der Waals surface area contributed by atoms with Crippen molar-refractivity contribution in [2.24, 2.45) is 11.8 Å². The number of carbonyl (C=O) groups excluding carboxylic acids is 3. The number of hydrogen-bond donors (Lipinski definition) is 1. The molecule has 3 saturated heterocycles. The number of nitrogens with zero attached hydrogens (tertiary/aromatic N) is 3. The van der Waals surface area contributed by atoms with Gasteiger partial charge in [-0.25, -0.2) is 4.90 Å². The lowest BCUT2D eigenvalue weighted by atomic mass is 9.75. The van der Waals surface area contributed by atoms with Crippen LogP contribution in [0, 0.1) is 22.0 Å². The van der Waals surface area contributed by atoms with E-state index in [0.717, 1.165) is 41.0 Å². The van der Waals surface area contributed by atoms with Gasteiger partial charge in [0.25, 0.3) is 5.69 Å². The maximum absolute atomic E-state index is 13.9. The summed E-state index contributed by atoms with van der Waals surface area (Å²) >= 11 is 0. The molecule has 168 valence electrons. The zero-order chi connectivity index (χ0) is 23.1. The number of aryl methyl sites for hydroxylation is 1. The Balaban J connectivity index is 1.54. The molecule has 2 aromatic carbocycles. The molecule has 4 atom stereocenters. The molecule has 0 bridgehead atoms. The van der Waals surface area contributed by atoms with E-state index in [1.807, 2.05) is 25.1 Å². The number of nitro groups is 1. The van der Waals surface area contributed by atoms with E-state index in [0.29, 0.717) is 6.54 Å². The lowest BCUT2D eigenvalue weighted by Crippen LogP contribution is -2.54. The largest absolute Gasteiger partial charge is 0.324 e. The lowest BCUT2D eigenvalue weighted by molar-refractivity contribution is -0.384. The predicted octanol–water partition coefficient (Wildman–Crippen LogP) is 2.59. The van der Waals surface area contributed by atoms with Crippen LogP contribution in [0.1, 0.15) is 30.9 Å². The molecular weight excluding hydrogens is 424 g/mol. The number of anilines is 2. The third kappa shape index (κ3) is 2.32. The lowest BCUT2D eigenvalue weighted by Gasteiger charge is -2.36. The first-order valence-electron chi connectivity index (χ1n) is 11.2. The molecule has 0 aromatic heterocycles. The SMILES string of the molecule is CCc1cccc2c1NC(=O)[C@@]21[C@@H]2C(=O)N(c3cccc([N+](=O)[O-])c3)C(=O)[C@@H]2[C@@H]2CCCN21. The Labute approximate surface area is 189 Å². The van der Waals surface area contributed by atoms with Crippen LogP contribution in [-0.4, -0.2) is 40.1 Å². The van der Waals surface area contributed by atoms with Crippen molar-refractivity contribution >= 4 is 34.8 Å². The maximum atomic E-state index is 13.9. The topological polar surface area (TPSA) is 113 Å². The van der Waals surface area contributed by atoms with Crippen molar-refractivity contribution in [3.8, 4) is 0 Å². The van der Waals surface area contributed by atoms with E-state index in [4.69, 9.17) is 0 Å². The Bertz CT molecular complexity index is 1260. The smallest absolute Gasteiger partial charge is 0.271 e. The summed E-state index contributed by atoms with van der Waals surface area (Å²) in [5.74, 6) is -2.65. The van der Waals surface area contributed by atoms with Crippen LogP contribution in [0.25, 0.3) is 0 Å². The number of hydrogen-bond acceptors (Lipinski definition) is 6. The van der Waals surface area contributed by atoms with Crippen molar-refractivity contribution in [1.82, 2.24) is 4.90 Å². The predicted molar refractivity (Wildman–Crippen MR) is 118 cm³/mol. The van der Waals surface area contributed by atoms with Crippen molar-refractivity contribution < 1.29 is 19.3 Å². The number of nitrogens with one attached hydrogen (secondary N) is 1. The second-order valence-electron chi connectivity index (χ2n) is 9.11. The Morgan fingerprint density at radius 3 is 2.70 bits per heavy atom. The van der Waals surface area contributed by atoms with Crippen LogP contribution in [-0.2, 0) is 26.3 Å². The molecule has 4 aliphatic rings. The molecule has 6 rings (SSSR count). The van der Waals surface area contributed by atoms with Crippen LogP contribution < -0.4 is 10.2 Å². The van der Waals surface area contributed by atoms with Crippen LogP contribution in [0.15, 0.2) is 42.5 Å².